The van der Waals surface area contributed by atoms with E-state index in [0.717, 1.165) is 0 Å². The second kappa shape index (κ2) is 5.55. The summed E-state index contributed by atoms with van der Waals surface area (Å²) in [6.07, 6.45) is 0.0219. The third kappa shape index (κ3) is 7.42. The van der Waals surface area contributed by atoms with E-state index in [9.17, 15) is 9.59 Å². The molecule has 5 nitrogen and oxygen atoms in total. The predicted molar refractivity (Wildman–Crippen MR) is 22.2 cm³/mol. The molecule has 0 fully saturated rings. The summed E-state index contributed by atoms with van der Waals surface area (Å²) in [6, 6.07) is 0. The number of carboxylic acid groups (broad SMARTS) is 1. The molecular formula is C3H5CuNO4. The number of hydrogen-bond donors (Lipinski definition) is 2. The Morgan fingerprint density at radius 2 is 2.11 bits per heavy atom. The summed E-state index contributed by atoms with van der Waals surface area (Å²) in [7, 11) is 0. The van der Waals surface area contributed by atoms with Crippen molar-refractivity contribution in [1.82, 2.24) is 5.06 Å². The van der Waals surface area contributed by atoms with Crippen LogP contribution in [-0.2, 0) is 26.7 Å². The van der Waals surface area contributed by atoms with Gasteiger partial charge in [0.15, 0.2) is 0 Å². The van der Waals surface area contributed by atoms with Crippen molar-refractivity contribution in [2.24, 2.45) is 0 Å². The molecular weight excluding hydrogens is 178 g/mol. The maximum absolute atomic E-state index is 9.61. The Morgan fingerprint density at radius 3 is 2.22 bits per heavy atom. The Labute approximate surface area is 61.7 Å². The molecule has 0 bridgehead atoms. The van der Waals surface area contributed by atoms with E-state index in [4.69, 9.17) is 10.3 Å². The summed E-state index contributed by atoms with van der Waals surface area (Å²) in [5, 5.41) is 16.0. The molecule has 0 saturated carbocycles. The Hall–Kier alpha value is -0.581. The minimum absolute atomic E-state index is 0. The molecule has 0 aromatic carbocycles. The standard InChI is InChI=1S/C3H5NO4.Cu/c5-2-4(8)1-3(6)7;/h2,8H,1H2,(H,6,7);. The van der Waals surface area contributed by atoms with Crippen LogP contribution in [0.25, 0.3) is 0 Å². The largest absolute Gasteiger partial charge is 0.480 e. The van der Waals surface area contributed by atoms with Crippen molar-refractivity contribution in [3.05, 3.63) is 0 Å². The minimum atomic E-state index is -1.25. The first-order chi connectivity index (χ1) is 3.66. The average Bonchev–Trinajstić information content (AvgIpc) is 1.65. The van der Waals surface area contributed by atoms with Gasteiger partial charge in [-0.25, -0.2) is 5.06 Å². The van der Waals surface area contributed by atoms with Crippen molar-refractivity contribution in [1.29, 1.82) is 0 Å². The van der Waals surface area contributed by atoms with Gasteiger partial charge in [0.25, 0.3) is 0 Å². The fourth-order valence-electron chi connectivity index (χ4n) is 0.176. The van der Waals surface area contributed by atoms with Gasteiger partial charge in [-0.3, -0.25) is 14.8 Å². The van der Waals surface area contributed by atoms with Crippen LogP contribution < -0.4 is 0 Å². The fraction of sp³-hybridized carbons (Fsp3) is 0.333. The molecule has 0 aromatic heterocycles. The van der Waals surface area contributed by atoms with E-state index in [1.807, 2.05) is 0 Å². The van der Waals surface area contributed by atoms with Gasteiger partial charge in [-0.1, -0.05) is 0 Å². The van der Waals surface area contributed by atoms with Gasteiger partial charge in [-0.05, 0) is 0 Å². The minimum Gasteiger partial charge on any atom is -0.480 e. The summed E-state index contributed by atoms with van der Waals surface area (Å²) in [5.41, 5.74) is 0. The van der Waals surface area contributed by atoms with E-state index in [-0.39, 0.29) is 28.5 Å². The molecule has 0 rings (SSSR count). The van der Waals surface area contributed by atoms with Crippen LogP contribution in [-0.4, -0.2) is 34.3 Å². The van der Waals surface area contributed by atoms with Gasteiger partial charge < -0.3 is 5.11 Å². The van der Waals surface area contributed by atoms with Crippen LogP contribution in [0.1, 0.15) is 0 Å². The number of carbonyl (C=O) groups excluding carboxylic acids is 1. The summed E-state index contributed by atoms with van der Waals surface area (Å²) >= 11 is 0. The van der Waals surface area contributed by atoms with Crippen LogP contribution in [0.4, 0.5) is 0 Å². The molecule has 1 radical (unpaired) electrons. The van der Waals surface area contributed by atoms with Crippen molar-refractivity contribution >= 4 is 12.4 Å². The molecule has 6 heteroatoms. The van der Waals surface area contributed by atoms with Gasteiger partial charge in [-0.2, -0.15) is 0 Å². The normalized spacial score (nSPS) is 7.22. The zero-order chi connectivity index (χ0) is 6.57. The van der Waals surface area contributed by atoms with E-state index < -0.39 is 12.5 Å². The topological polar surface area (TPSA) is 77.8 Å². The number of hydroxylamine groups is 2. The van der Waals surface area contributed by atoms with Gasteiger partial charge in [0.05, 0.1) is 0 Å². The van der Waals surface area contributed by atoms with Crippen LogP contribution in [0.15, 0.2) is 0 Å². The Bertz CT molecular complexity index is 106. The molecule has 0 saturated heterocycles. The first-order valence-corrected chi connectivity index (χ1v) is 1.79. The third-order valence-corrected chi connectivity index (χ3v) is 0.419. The van der Waals surface area contributed by atoms with Crippen molar-refractivity contribution in [2.45, 2.75) is 0 Å². The van der Waals surface area contributed by atoms with Gasteiger partial charge in [0, 0.05) is 17.1 Å². The smallest absolute Gasteiger partial charge is 0.325 e. The zero-order valence-corrected chi connectivity index (χ0v) is 5.19. The Kier molecular flexibility index (Phi) is 6.94. The van der Waals surface area contributed by atoms with Crippen LogP contribution in [0, 0.1) is 0 Å². The van der Waals surface area contributed by atoms with Crippen LogP contribution >= 0.6 is 0 Å². The second-order valence-electron chi connectivity index (χ2n) is 1.10. The summed E-state index contributed by atoms with van der Waals surface area (Å²) in [5.74, 6) is -1.25. The predicted octanol–water partition coefficient (Wildman–Crippen LogP) is -1.08. The van der Waals surface area contributed by atoms with Crippen molar-refractivity contribution in [3.8, 4) is 0 Å². The second-order valence-corrected chi connectivity index (χ2v) is 1.10. The molecule has 0 aliphatic heterocycles. The molecule has 0 aromatic rings. The van der Waals surface area contributed by atoms with Gasteiger partial charge in [0.2, 0.25) is 6.41 Å². The average molecular weight is 183 g/mol. The summed E-state index contributed by atoms with van der Waals surface area (Å²) in [4.78, 5) is 19.1. The molecule has 0 aliphatic rings. The van der Waals surface area contributed by atoms with Crippen LogP contribution in [0.5, 0.6) is 0 Å². The maximum atomic E-state index is 9.61. The third-order valence-electron chi connectivity index (χ3n) is 0.419. The molecule has 1 amide bonds. The number of rotatable bonds is 3. The molecule has 0 spiro atoms. The summed E-state index contributed by atoms with van der Waals surface area (Å²) in [6.45, 7) is -0.677. The quantitative estimate of drug-likeness (QED) is 0.252. The van der Waals surface area contributed by atoms with E-state index in [0.29, 0.717) is 0 Å². The molecule has 0 heterocycles. The van der Waals surface area contributed by atoms with E-state index in [1.165, 1.54) is 0 Å². The van der Waals surface area contributed by atoms with Crippen molar-refractivity contribution in [3.63, 3.8) is 0 Å². The number of hydrogen-bond acceptors (Lipinski definition) is 3. The Morgan fingerprint density at radius 1 is 1.67 bits per heavy atom. The molecule has 0 aliphatic carbocycles. The monoisotopic (exact) mass is 182 g/mol. The maximum Gasteiger partial charge on any atom is 0.325 e. The molecule has 0 atom stereocenters. The van der Waals surface area contributed by atoms with Gasteiger partial charge in [-0.15, -0.1) is 0 Å². The Balaban J connectivity index is 0. The zero-order valence-electron chi connectivity index (χ0n) is 4.24. The SMILES string of the molecule is O=CN(O)CC(=O)O.[Cu]. The van der Waals surface area contributed by atoms with Gasteiger partial charge >= 0.3 is 5.97 Å². The van der Waals surface area contributed by atoms with E-state index in [1.54, 1.807) is 0 Å². The van der Waals surface area contributed by atoms with Gasteiger partial charge in [0.1, 0.15) is 6.54 Å². The number of nitrogens with zero attached hydrogens (tertiary/aromatic N) is 1. The van der Waals surface area contributed by atoms with E-state index >= 15 is 0 Å². The fourth-order valence-corrected chi connectivity index (χ4v) is 0.176. The van der Waals surface area contributed by atoms with Crippen molar-refractivity contribution in [2.75, 3.05) is 6.54 Å². The first kappa shape index (κ1) is 11.2. The molecule has 0 unspecified atom stereocenters. The van der Waals surface area contributed by atoms with Crippen LogP contribution in [0.3, 0.4) is 0 Å². The molecule has 57 valence electrons. The molecule has 2 N–H and O–H groups in total. The molecule has 9 heavy (non-hydrogen) atoms. The number of carboxylic acids is 1. The van der Waals surface area contributed by atoms with Crippen molar-refractivity contribution < 1.29 is 37.0 Å². The summed E-state index contributed by atoms with van der Waals surface area (Å²) < 4.78 is 0. The van der Waals surface area contributed by atoms with E-state index in [2.05, 4.69) is 0 Å². The van der Waals surface area contributed by atoms with Crippen LogP contribution in [0.2, 0.25) is 0 Å². The first-order valence-electron chi connectivity index (χ1n) is 1.79. The number of amides is 1. The number of carbonyl (C=O) groups is 2. The number of aliphatic carboxylic acids is 1.